The van der Waals surface area contributed by atoms with Gasteiger partial charge in [-0.05, 0) is 43.5 Å². The van der Waals surface area contributed by atoms with Crippen molar-refractivity contribution >= 4 is 22.5 Å². The van der Waals surface area contributed by atoms with Crippen LogP contribution >= 0.6 is 0 Å². The lowest BCUT2D eigenvalue weighted by molar-refractivity contribution is 0.867. The maximum atomic E-state index is 4.53. The minimum Gasteiger partial charge on any atom is -0.343 e. The second-order valence-corrected chi connectivity index (χ2v) is 5.74. The van der Waals surface area contributed by atoms with Crippen molar-refractivity contribution in [1.29, 1.82) is 0 Å². The fourth-order valence-electron chi connectivity index (χ4n) is 2.44. The summed E-state index contributed by atoms with van der Waals surface area (Å²) in [6, 6.07) is 10.6. The van der Waals surface area contributed by atoms with E-state index >= 15 is 0 Å². The van der Waals surface area contributed by atoms with Crippen LogP contribution in [0, 0.1) is 13.8 Å². The van der Waals surface area contributed by atoms with Crippen LogP contribution in [0.2, 0.25) is 0 Å². The molecule has 2 aromatic heterocycles. The van der Waals surface area contributed by atoms with Crippen LogP contribution in [0.5, 0.6) is 0 Å². The Bertz CT molecular complexity index is 769. The van der Waals surface area contributed by atoms with Crippen LogP contribution < -0.4 is 5.32 Å². The first-order valence-electron chi connectivity index (χ1n) is 7.24. The van der Waals surface area contributed by atoms with E-state index in [0.717, 1.165) is 34.1 Å². The summed E-state index contributed by atoms with van der Waals surface area (Å²) in [5.74, 6) is 2.14. The third-order valence-electron chi connectivity index (χ3n) is 3.57. The van der Waals surface area contributed by atoms with Crippen molar-refractivity contribution in [2.45, 2.75) is 33.6 Å². The predicted octanol–water partition coefficient (Wildman–Crippen LogP) is 4.44. The molecule has 0 spiro atoms. The number of anilines is 2. The molecule has 0 amide bonds. The van der Waals surface area contributed by atoms with Gasteiger partial charge in [0.1, 0.15) is 17.3 Å². The van der Waals surface area contributed by atoms with E-state index in [4.69, 9.17) is 0 Å². The van der Waals surface area contributed by atoms with E-state index in [1.54, 1.807) is 0 Å². The Kier molecular flexibility index (Phi) is 3.37. The normalized spacial score (nSPS) is 11.3. The number of aryl methyl sites for hydroxylation is 2. The van der Waals surface area contributed by atoms with E-state index in [2.05, 4.69) is 64.4 Å². The number of nitrogens with zero attached hydrogens (tertiary/aromatic N) is 2. The molecule has 0 radical (unpaired) electrons. The monoisotopic (exact) mass is 280 g/mol. The Hall–Kier alpha value is -2.36. The van der Waals surface area contributed by atoms with Crippen LogP contribution in [0.1, 0.15) is 36.8 Å². The molecule has 0 aliphatic heterocycles. The zero-order valence-corrected chi connectivity index (χ0v) is 12.9. The van der Waals surface area contributed by atoms with Gasteiger partial charge in [0.2, 0.25) is 0 Å². The van der Waals surface area contributed by atoms with Gasteiger partial charge >= 0.3 is 0 Å². The first kappa shape index (κ1) is 13.6. The quantitative estimate of drug-likeness (QED) is 0.745. The second kappa shape index (κ2) is 5.20. The molecule has 2 heterocycles. The van der Waals surface area contributed by atoms with E-state index in [-0.39, 0.29) is 0 Å². The summed E-state index contributed by atoms with van der Waals surface area (Å²) in [5.41, 5.74) is 4.34. The number of H-pyrrole nitrogens is 1. The molecule has 0 fully saturated rings. The number of hydrogen-bond acceptors (Lipinski definition) is 3. The lowest BCUT2D eigenvalue weighted by atomic mass is 10.0. The first-order chi connectivity index (χ1) is 10.0. The number of aromatic amines is 1. The predicted molar refractivity (Wildman–Crippen MR) is 87.2 cm³/mol. The maximum absolute atomic E-state index is 4.53. The van der Waals surface area contributed by atoms with Crippen molar-refractivity contribution in [1.82, 2.24) is 15.0 Å². The van der Waals surface area contributed by atoms with Crippen LogP contribution in [-0.4, -0.2) is 15.0 Å². The average molecular weight is 280 g/mol. The van der Waals surface area contributed by atoms with Gasteiger partial charge in [0, 0.05) is 11.4 Å². The minimum atomic E-state index is 0.541. The molecule has 0 saturated carbocycles. The summed E-state index contributed by atoms with van der Waals surface area (Å²) >= 11 is 0. The summed E-state index contributed by atoms with van der Waals surface area (Å²) < 4.78 is 0. The number of nitrogens with one attached hydrogen (secondary N) is 2. The largest absolute Gasteiger partial charge is 0.343 e. The summed E-state index contributed by atoms with van der Waals surface area (Å²) in [7, 11) is 0. The number of fused-ring (bicyclic) bond motifs is 1. The van der Waals surface area contributed by atoms with Gasteiger partial charge in [-0.1, -0.05) is 26.0 Å². The van der Waals surface area contributed by atoms with E-state index in [9.17, 15) is 0 Å². The number of aromatic nitrogens is 3. The molecule has 108 valence electrons. The van der Waals surface area contributed by atoms with Crippen molar-refractivity contribution in [2.75, 3.05) is 5.32 Å². The fourth-order valence-corrected chi connectivity index (χ4v) is 2.44. The molecule has 0 bridgehead atoms. The Morgan fingerprint density at radius 1 is 1.05 bits per heavy atom. The van der Waals surface area contributed by atoms with Gasteiger partial charge in [0.05, 0.1) is 5.39 Å². The molecular formula is C17H20N4. The third kappa shape index (κ3) is 2.75. The molecule has 3 rings (SSSR count). The Labute approximate surface area is 124 Å². The van der Waals surface area contributed by atoms with E-state index in [1.165, 1.54) is 5.56 Å². The van der Waals surface area contributed by atoms with Gasteiger partial charge in [-0.15, -0.1) is 0 Å². The van der Waals surface area contributed by atoms with Crippen molar-refractivity contribution in [3.8, 4) is 0 Å². The summed E-state index contributed by atoms with van der Waals surface area (Å²) in [5, 5.41) is 4.42. The zero-order chi connectivity index (χ0) is 15.0. The molecule has 0 aliphatic carbocycles. The molecule has 3 aromatic rings. The van der Waals surface area contributed by atoms with Gasteiger partial charge < -0.3 is 10.3 Å². The van der Waals surface area contributed by atoms with Crippen molar-refractivity contribution in [2.24, 2.45) is 0 Å². The highest BCUT2D eigenvalue weighted by Crippen LogP contribution is 2.25. The van der Waals surface area contributed by atoms with Crippen molar-refractivity contribution in [3.63, 3.8) is 0 Å². The first-order valence-corrected chi connectivity index (χ1v) is 7.24. The van der Waals surface area contributed by atoms with Crippen LogP contribution in [-0.2, 0) is 0 Å². The van der Waals surface area contributed by atoms with Crippen molar-refractivity contribution in [3.05, 3.63) is 47.4 Å². The average Bonchev–Trinajstić information content (AvgIpc) is 2.79. The van der Waals surface area contributed by atoms with Gasteiger partial charge in [-0.3, -0.25) is 0 Å². The van der Waals surface area contributed by atoms with Gasteiger partial charge in [0.25, 0.3) is 0 Å². The highest BCUT2D eigenvalue weighted by molar-refractivity contribution is 5.89. The molecule has 4 nitrogen and oxygen atoms in total. The number of benzene rings is 1. The Morgan fingerprint density at radius 3 is 2.43 bits per heavy atom. The molecule has 0 atom stereocenters. The van der Waals surface area contributed by atoms with Gasteiger partial charge in [-0.2, -0.15) is 0 Å². The maximum Gasteiger partial charge on any atom is 0.143 e. The van der Waals surface area contributed by atoms with Crippen molar-refractivity contribution < 1.29 is 0 Å². The van der Waals surface area contributed by atoms with E-state index < -0.39 is 0 Å². The lowest BCUT2D eigenvalue weighted by Gasteiger charge is -2.10. The lowest BCUT2D eigenvalue weighted by Crippen LogP contribution is -1.98. The standard InChI is InChI=1S/C17H20N4/c1-10(2)13-5-7-14(8-6-13)21-17-15-9-11(3)18-16(15)19-12(4)20-17/h5-10H,1-4H3,(H2,18,19,20,21). The second-order valence-electron chi connectivity index (χ2n) is 5.74. The molecule has 0 saturated heterocycles. The van der Waals surface area contributed by atoms with Crippen LogP contribution in [0.15, 0.2) is 30.3 Å². The number of rotatable bonds is 3. The molecule has 1 aromatic carbocycles. The summed E-state index contributed by atoms with van der Waals surface area (Å²) in [6.07, 6.45) is 0. The van der Waals surface area contributed by atoms with Crippen LogP contribution in [0.25, 0.3) is 11.0 Å². The smallest absolute Gasteiger partial charge is 0.143 e. The fraction of sp³-hybridized carbons (Fsp3) is 0.294. The Balaban J connectivity index is 1.97. The minimum absolute atomic E-state index is 0.541. The molecule has 21 heavy (non-hydrogen) atoms. The zero-order valence-electron chi connectivity index (χ0n) is 12.9. The summed E-state index contributed by atoms with van der Waals surface area (Å²) in [6.45, 7) is 8.32. The van der Waals surface area contributed by atoms with Gasteiger partial charge in [-0.25, -0.2) is 9.97 Å². The van der Waals surface area contributed by atoms with Crippen LogP contribution in [0.3, 0.4) is 0 Å². The SMILES string of the molecule is Cc1nc(Nc2ccc(C(C)C)cc2)c2cc(C)[nH]c2n1. The third-order valence-corrected chi connectivity index (χ3v) is 3.57. The van der Waals surface area contributed by atoms with Gasteiger partial charge in [0.15, 0.2) is 0 Å². The van der Waals surface area contributed by atoms with Crippen LogP contribution in [0.4, 0.5) is 11.5 Å². The molecule has 2 N–H and O–H groups in total. The molecule has 0 aliphatic rings. The topological polar surface area (TPSA) is 53.6 Å². The summed E-state index contributed by atoms with van der Waals surface area (Å²) in [4.78, 5) is 12.2. The van der Waals surface area contributed by atoms with E-state index in [1.807, 2.05) is 13.8 Å². The van der Waals surface area contributed by atoms with E-state index in [0.29, 0.717) is 5.92 Å². The molecule has 0 unspecified atom stereocenters. The Morgan fingerprint density at radius 2 is 1.76 bits per heavy atom. The molecular weight excluding hydrogens is 260 g/mol. The number of hydrogen-bond donors (Lipinski definition) is 2. The molecule has 4 heteroatoms. The highest BCUT2D eigenvalue weighted by atomic mass is 15.1. The highest BCUT2D eigenvalue weighted by Gasteiger charge is 2.09.